The molecule has 4 amide bonds. The van der Waals surface area contributed by atoms with Crippen molar-refractivity contribution >= 4 is 34.5 Å². The zero-order chi connectivity index (χ0) is 38.8. The Morgan fingerprint density at radius 3 is 2.33 bits per heavy atom. The number of carbonyl (C=O) groups is 4. The minimum absolute atomic E-state index is 0.0567. The van der Waals surface area contributed by atoms with Crippen molar-refractivity contribution in [3.8, 4) is 17.2 Å². The average molecular weight is 740 g/mol. The van der Waals surface area contributed by atoms with Crippen molar-refractivity contribution in [1.82, 2.24) is 25.4 Å². The van der Waals surface area contributed by atoms with Gasteiger partial charge in [-0.05, 0) is 73.6 Å². The summed E-state index contributed by atoms with van der Waals surface area (Å²) in [4.78, 5) is 59.4. The highest BCUT2D eigenvalue weighted by atomic mass is 16.5. The summed E-state index contributed by atoms with van der Waals surface area (Å²) in [6.07, 6.45) is 4.37. The average Bonchev–Trinajstić information content (AvgIpc) is 3.80. The second kappa shape index (κ2) is 18.5. The number of piperidine rings is 1. The number of likely N-dealkylation sites (N-methyl/N-ethyl adjacent to an activating group) is 1. The number of fused-ring (bicyclic) bond motifs is 2. The van der Waals surface area contributed by atoms with Gasteiger partial charge in [0.05, 0.1) is 39.2 Å². The van der Waals surface area contributed by atoms with Crippen LogP contribution in [0, 0.1) is 17.8 Å². The lowest BCUT2D eigenvalue weighted by atomic mass is 9.79. The highest BCUT2D eigenvalue weighted by molar-refractivity contribution is 5.95. The maximum absolute atomic E-state index is 13.7. The van der Waals surface area contributed by atoms with Crippen molar-refractivity contribution in [2.45, 2.75) is 46.1 Å². The number of likely N-dealkylation sites (tertiary alicyclic amines) is 2. The predicted octanol–water partition coefficient (Wildman–Crippen LogP) is 4.86. The predicted molar refractivity (Wildman–Crippen MR) is 208 cm³/mol. The smallest absolute Gasteiger partial charge is 0.254 e. The molecule has 3 atom stereocenters. The third kappa shape index (κ3) is 9.71. The van der Waals surface area contributed by atoms with E-state index in [1.165, 1.54) is 32.6 Å². The van der Waals surface area contributed by atoms with Gasteiger partial charge in [0, 0.05) is 62.0 Å². The fourth-order valence-electron chi connectivity index (χ4n) is 7.29. The Hall–Kier alpha value is -5.52. The molecular weight excluding hydrogens is 686 g/mol. The number of amides is 4. The molecule has 0 aliphatic carbocycles. The van der Waals surface area contributed by atoms with E-state index >= 15 is 0 Å². The summed E-state index contributed by atoms with van der Waals surface area (Å²) in [7, 11) is 4.64. The molecule has 0 spiro atoms. The Balaban J connectivity index is 0.000000546. The largest absolute Gasteiger partial charge is 0.497 e. The van der Waals surface area contributed by atoms with Crippen LogP contribution in [-0.4, -0.2) is 98.5 Å². The van der Waals surface area contributed by atoms with Gasteiger partial charge in [-0.2, -0.15) is 0 Å². The maximum Gasteiger partial charge on any atom is 0.254 e. The fourth-order valence-corrected chi connectivity index (χ4v) is 7.29. The molecule has 6 rings (SSSR count). The molecule has 3 aromatic carbocycles. The minimum atomic E-state index is -0.584. The van der Waals surface area contributed by atoms with E-state index in [1.54, 1.807) is 35.1 Å². The van der Waals surface area contributed by atoms with Gasteiger partial charge in [-0.25, -0.2) is 0 Å². The second-order valence-corrected chi connectivity index (χ2v) is 14.1. The summed E-state index contributed by atoms with van der Waals surface area (Å²) in [5.74, 6) is -0.0559. The molecule has 3 N–H and O–H groups in total. The van der Waals surface area contributed by atoms with E-state index in [4.69, 9.17) is 14.2 Å². The van der Waals surface area contributed by atoms with Crippen LogP contribution in [0.1, 0.15) is 48.7 Å². The van der Waals surface area contributed by atoms with E-state index in [2.05, 4.69) is 52.9 Å². The van der Waals surface area contributed by atoms with Crippen molar-refractivity contribution < 1.29 is 33.4 Å². The zero-order valence-corrected chi connectivity index (χ0v) is 32.1. The molecule has 2 fully saturated rings. The summed E-state index contributed by atoms with van der Waals surface area (Å²) >= 11 is 0. The van der Waals surface area contributed by atoms with E-state index in [0.29, 0.717) is 42.4 Å². The summed E-state index contributed by atoms with van der Waals surface area (Å²) < 4.78 is 16.6. The number of H-pyrrole nitrogens is 1. The van der Waals surface area contributed by atoms with Crippen LogP contribution >= 0.6 is 0 Å². The van der Waals surface area contributed by atoms with Gasteiger partial charge in [-0.3, -0.25) is 19.2 Å². The molecule has 12 heteroatoms. The number of nitrogens with zero attached hydrogens (tertiary/aromatic N) is 2. The number of ether oxygens (including phenoxy) is 3. The van der Waals surface area contributed by atoms with Crippen molar-refractivity contribution in [3.05, 3.63) is 89.6 Å². The fraction of sp³-hybridized carbons (Fsp3) is 0.429. The number of hydrogen-bond donors (Lipinski definition) is 3. The molecular formula is C42H53N5O7. The molecule has 2 aliphatic rings. The first kappa shape index (κ1) is 39.7. The summed E-state index contributed by atoms with van der Waals surface area (Å²) in [5, 5.41) is 6.16. The molecule has 12 nitrogen and oxygen atoms in total. The van der Waals surface area contributed by atoms with Crippen molar-refractivity contribution in [2.75, 3.05) is 54.0 Å². The minimum Gasteiger partial charge on any atom is -0.497 e. The monoisotopic (exact) mass is 739 g/mol. The number of hydrogen-bond acceptors (Lipinski definition) is 7. The van der Waals surface area contributed by atoms with Crippen molar-refractivity contribution in [2.24, 2.45) is 17.8 Å². The molecule has 2 saturated heterocycles. The molecule has 54 heavy (non-hydrogen) atoms. The van der Waals surface area contributed by atoms with Crippen LogP contribution in [0.4, 0.5) is 0 Å². The molecule has 1 aromatic heterocycles. The highest BCUT2D eigenvalue weighted by Gasteiger charge is 2.48. The molecule has 3 unspecified atom stereocenters. The number of methoxy groups -OCH3 is 2. The second-order valence-electron chi connectivity index (χ2n) is 14.1. The molecule has 2 aliphatic heterocycles. The third-order valence-electron chi connectivity index (χ3n) is 10.0. The quantitative estimate of drug-likeness (QED) is 0.188. The maximum atomic E-state index is 13.7. The van der Waals surface area contributed by atoms with Gasteiger partial charge in [-0.1, -0.05) is 43.7 Å². The third-order valence-corrected chi connectivity index (χ3v) is 10.0. The van der Waals surface area contributed by atoms with Crippen LogP contribution in [-0.2, 0) is 27.2 Å². The Morgan fingerprint density at radius 2 is 1.65 bits per heavy atom. The van der Waals surface area contributed by atoms with E-state index in [0.717, 1.165) is 16.5 Å². The Kier molecular flexibility index (Phi) is 13.6. The van der Waals surface area contributed by atoms with E-state index in [-0.39, 0.29) is 61.1 Å². The van der Waals surface area contributed by atoms with Crippen molar-refractivity contribution in [1.29, 1.82) is 0 Å². The first-order valence-corrected chi connectivity index (χ1v) is 18.6. The van der Waals surface area contributed by atoms with Gasteiger partial charge in [-0.15, -0.1) is 0 Å². The lowest BCUT2D eigenvalue weighted by Crippen LogP contribution is -2.54. The summed E-state index contributed by atoms with van der Waals surface area (Å²) in [6, 6.07) is 21.3. The molecule has 0 saturated carbocycles. The number of rotatable bonds is 12. The SMILES string of the molecule is CCCc1ccccc1.CNC(=O)CNC(=O)C1CN(C(=O)Cc2c[nH]c3cc(OC)ccc23)CC2CN(C(=O)c3ccc(OC(C)C)c(OC)c3)CC21. The molecule has 0 radical (unpaired) electrons. The molecule has 288 valence electrons. The lowest BCUT2D eigenvalue weighted by Gasteiger charge is -2.39. The van der Waals surface area contributed by atoms with Gasteiger partial charge in [0.15, 0.2) is 11.5 Å². The molecule has 4 aromatic rings. The Bertz CT molecular complexity index is 1910. The topological polar surface area (TPSA) is 142 Å². The number of aromatic amines is 1. The first-order valence-electron chi connectivity index (χ1n) is 18.6. The van der Waals surface area contributed by atoms with Gasteiger partial charge in [0.25, 0.3) is 5.91 Å². The van der Waals surface area contributed by atoms with Crippen LogP contribution in [0.25, 0.3) is 10.9 Å². The highest BCUT2D eigenvalue weighted by Crippen LogP contribution is 2.37. The van der Waals surface area contributed by atoms with Gasteiger partial charge < -0.3 is 39.6 Å². The Morgan fingerprint density at radius 1 is 0.889 bits per heavy atom. The van der Waals surface area contributed by atoms with Gasteiger partial charge in [0.2, 0.25) is 17.7 Å². The van der Waals surface area contributed by atoms with Crippen LogP contribution in [0.5, 0.6) is 17.2 Å². The van der Waals surface area contributed by atoms with E-state index < -0.39 is 5.92 Å². The van der Waals surface area contributed by atoms with Crippen LogP contribution in [0.3, 0.4) is 0 Å². The van der Waals surface area contributed by atoms with Crippen LogP contribution in [0.2, 0.25) is 0 Å². The standard InChI is InChI=1S/C33H41N5O7.C9H12/c1-19(2)45-28-9-6-20(10-29(28)44-5)33(42)38-16-22-15-37(18-26(25(22)17-38)32(41)36-14-30(39)34-3)31(40)11-21-13-35-27-12-23(43-4)7-8-24(21)27;1-2-6-9-7-4-3-5-8-9/h6-10,12-13,19,22,25-26,35H,11,14-18H2,1-5H3,(H,34,39)(H,36,41);3-5,7-8H,2,6H2,1H3. The molecule has 3 heterocycles. The van der Waals surface area contributed by atoms with Crippen molar-refractivity contribution in [3.63, 3.8) is 0 Å². The van der Waals surface area contributed by atoms with E-state index in [9.17, 15) is 19.2 Å². The number of aryl methyl sites for hydroxylation is 1. The number of carbonyl (C=O) groups excluding carboxylic acids is 4. The Labute approximate surface area is 317 Å². The number of nitrogens with one attached hydrogen (secondary N) is 3. The number of benzene rings is 3. The zero-order valence-electron chi connectivity index (χ0n) is 32.1. The number of aromatic nitrogens is 1. The molecule has 0 bridgehead atoms. The first-order chi connectivity index (χ1) is 26.0. The van der Waals surface area contributed by atoms with Gasteiger partial charge >= 0.3 is 0 Å². The van der Waals surface area contributed by atoms with Crippen LogP contribution < -0.4 is 24.8 Å². The summed E-state index contributed by atoms with van der Waals surface area (Å²) in [6.45, 7) is 7.25. The lowest BCUT2D eigenvalue weighted by molar-refractivity contribution is -0.139. The van der Waals surface area contributed by atoms with Gasteiger partial charge in [0.1, 0.15) is 5.75 Å². The van der Waals surface area contributed by atoms with E-state index in [1.807, 2.05) is 38.2 Å². The van der Waals surface area contributed by atoms with Crippen LogP contribution in [0.15, 0.2) is 72.9 Å². The summed E-state index contributed by atoms with van der Waals surface area (Å²) in [5.41, 5.74) is 3.61. The normalized spacial score (nSPS) is 17.6.